The molecule has 0 unspecified atom stereocenters. The molecular formula is C27H27N5O5S2. The fourth-order valence-electron chi connectivity index (χ4n) is 3.76. The number of aromatic nitrogens is 2. The fourth-order valence-corrected chi connectivity index (χ4v) is 6.11. The predicted octanol–water partition coefficient (Wildman–Crippen LogP) is 4.56. The highest BCUT2D eigenvalue weighted by Crippen LogP contribution is 2.24. The van der Waals surface area contributed by atoms with Gasteiger partial charge in [-0.1, -0.05) is 23.8 Å². The second-order valence-corrected chi connectivity index (χ2v) is 12.3. The van der Waals surface area contributed by atoms with Crippen LogP contribution in [0.2, 0.25) is 0 Å². The predicted molar refractivity (Wildman–Crippen MR) is 150 cm³/mol. The summed E-state index contributed by atoms with van der Waals surface area (Å²) in [5, 5.41) is 2.66. The number of amides is 1. The number of aryl methyl sites for hydroxylation is 4. The van der Waals surface area contributed by atoms with Gasteiger partial charge in [0.1, 0.15) is 0 Å². The van der Waals surface area contributed by atoms with Crippen molar-refractivity contribution in [1.29, 1.82) is 0 Å². The number of hydrogen-bond donors (Lipinski definition) is 3. The topological polar surface area (TPSA) is 147 Å². The van der Waals surface area contributed by atoms with Crippen LogP contribution in [0.3, 0.4) is 0 Å². The van der Waals surface area contributed by atoms with Crippen molar-refractivity contribution in [3.05, 3.63) is 101 Å². The van der Waals surface area contributed by atoms with Crippen molar-refractivity contribution >= 4 is 43.3 Å². The summed E-state index contributed by atoms with van der Waals surface area (Å²) in [7, 11) is -7.92. The van der Waals surface area contributed by atoms with Crippen LogP contribution < -0.4 is 14.8 Å². The lowest BCUT2D eigenvalue weighted by molar-refractivity contribution is 0.102. The Labute approximate surface area is 227 Å². The molecule has 0 atom stereocenters. The zero-order valence-electron chi connectivity index (χ0n) is 21.7. The molecule has 0 fully saturated rings. The van der Waals surface area contributed by atoms with Crippen LogP contribution >= 0.6 is 0 Å². The standard InChI is InChI=1S/C27H27N5O5S2/c1-17-5-12-24(19(3)15-17)31-39(36,37)25-16-21(7-6-18(25)2)26(33)30-22-8-10-23(11-9-22)38(34,35)32-27-28-14-13-20(4)29-27/h5-16,31H,1-4H3,(H,30,33)(H,28,29,32). The van der Waals surface area contributed by atoms with E-state index < -0.39 is 26.0 Å². The van der Waals surface area contributed by atoms with Crippen LogP contribution in [0, 0.1) is 27.7 Å². The van der Waals surface area contributed by atoms with E-state index in [2.05, 4.69) is 24.7 Å². The first-order chi connectivity index (χ1) is 18.3. The molecule has 4 rings (SSSR count). The van der Waals surface area contributed by atoms with E-state index in [1.54, 1.807) is 32.0 Å². The van der Waals surface area contributed by atoms with E-state index in [0.29, 0.717) is 22.6 Å². The van der Waals surface area contributed by atoms with Crippen molar-refractivity contribution in [3.8, 4) is 0 Å². The smallest absolute Gasteiger partial charge is 0.264 e. The molecule has 1 heterocycles. The molecule has 0 aliphatic rings. The largest absolute Gasteiger partial charge is 0.322 e. The number of carbonyl (C=O) groups is 1. The maximum atomic E-state index is 13.2. The lowest BCUT2D eigenvalue weighted by Crippen LogP contribution is -2.18. The normalized spacial score (nSPS) is 11.6. The Morgan fingerprint density at radius 3 is 2.13 bits per heavy atom. The Balaban J connectivity index is 1.51. The summed E-state index contributed by atoms with van der Waals surface area (Å²) < 4.78 is 56.5. The number of carbonyl (C=O) groups excluding carboxylic acids is 1. The summed E-state index contributed by atoms with van der Waals surface area (Å²) in [5.41, 5.74) is 3.76. The summed E-state index contributed by atoms with van der Waals surface area (Å²) in [6.07, 6.45) is 1.44. The second-order valence-electron chi connectivity index (χ2n) is 9.01. The molecule has 0 aliphatic heterocycles. The molecule has 10 nitrogen and oxygen atoms in total. The lowest BCUT2D eigenvalue weighted by atomic mass is 10.1. The molecule has 1 amide bonds. The average molecular weight is 566 g/mol. The molecule has 202 valence electrons. The zero-order chi connectivity index (χ0) is 28.4. The van der Waals surface area contributed by atoms with Gasteiger partial charge in [0.25, 0.3) is 26.0 Å². The summed E-state index contributed by atoms with van der Waals surface area (Å²) in [6, 6.07) is 16.9. The highest BCUT2D eigenvalue weighted by molar-refractivity contribution is 7.93. The number of sulfonamides is 2. The summed E-state index contributed by atoms with van der Waals surface area (Å²) in [5.74, 6) is -0.607. The molecule has 0 radical (unpaired) electrons. The van der Waals surface area contributed by atoms with Crippen LogP contribution in [-0.4, -0.2) is 32.7 Å². The first-order valence-corrected chi connectivity index (χ1v) is 14.8. The van der Waals surface area contributed by atoms with Gasteiger partial charge in [-0.15, -0.1) is 0 Å². The maximum Gasteiger partial charge on any atom is 0.264 e. The van der Waals surface area contributed by atoms with Gasteiger partial charge in [0.05, 0.1) is 15.5 Å². The van der Waals surface area contributed by atoms with Gasteiger partial charge in [-0.2, -0.15) is 0 Å². The van der Waals surface area contributed by atoms with E-state index in [1.165, 1.54) is 42.6 Å². The number of benzene rings is 3. The molecule has 0 spiro atoms. The van der Waals surface area contributed by atoms with E-state index in [0.717, 1.165) is 11.1 Å². The Hall–Kier alpha value is -4.29. The lowest BCUT2D eigenvalue weighted by Gasteiger charge is -2.14. The molecule has 0 saturated carbocycles. The van der Waals surface area contributed by atoms with E-state index >= 15 is 0 Å². The van der Waals surface area contributed by atoms with Gasteiger partial charge in [-0.3, -0.25) is 9.52 Å². The van der Waals surface area contributed by atoms with Gasteiger partial charge in [0, 0.05) is 23.1 Å². The fraction of sp³-hybridized carbons (Fsp3) is 0.148. The third-order valence-corrected chi connectivity index (χ3v) is 8.66. The molecule has 39 heavy (non-hydrogen) atoms. The Morgan fingerprint density at radius 1 is 0.744 bits per heavy atom. The van der Waals surface area contributed by atoms with Crippen molar-refractivity contribution in [3.63, 3.8) is 0 Å². The number of hydrogen-bond acceptors (Lipinski definition) is 7. The van der Waals surface area contributed by atoms with Crippen LogP contribution in [0.1, 0.15) is 32.7 Å². The van der Waals surface area contributed by atoms with Gasteiger partial charge in [-0.05, 0) is 87.4 Å². The van der Waals surface area contributed by atoms with Crippen LogP contribution in [0.25, 0.3) is 0 Å². The van der Waals surface area contributed by atoms with Crippen LogP contribution in [0.4, 0.5) is 17.3 Å². The van der Waals surface area contributed by atoms with E-state index in [9.17, 15) is 21.6 Å². The van der Waals surface area contributed by atoms with Gasteiger partial charge < -0.3 is 5.32 Å². The number of rotatable bonds is 8. The van der Waals surface area contributed by atoms with Crippen molar-refractivity contribution in [1.82, 2.24) is 9.97 Å². The summed E-state index contributed by atoms with van der Waals surface area (Å²) in [6.45, 7) is 7.09. The first kappa shape index (κ1) is 27.7. The monoisotopic (exact) mass is 565 g/mol. The van der Waals surface area contributed by atoms with Gasteiger partial charge in [-0.25, -0.2) is 31.5 Å². The summed E-state index contributed by atoms with van der Waals surface area (Å²) >= 11 is 0. The number of nitrogens with zero attached hydrogens (tertiary/aromatic N) is 2. The Morgan fingerprint density at radius 2 is 1.46 bits per heavy atom. The molecule has 3 N–H and O–H groups in total. The van der Waals surface area contributed by atoms with Crippen molar-refractivity contribution < 1.29 is 21.6 Å². The quantitative estimate of drug-likeness (QED) is 0.284. The average Bonchev–Trinajstić information content (AvgIpc) is 2.86. The molecule has 0 aliphatic carbocycles. The molecule has 4 aromatic rings. The third kappa shape index (κ3) is 6.59. The Kier molecular flexibility index (Phi) is 7.70. The third-order valence-electron chi connectivity index (χ3n) is 5.81. The minimum atomic E-state index is -3.97. The Bertz CT molecular complexity index is 1770. The van der Waals surface area contributed by atoms with Crippen LogP contribution in [-0.2, 0) is 20.0 Å². The SMILES string of the molecule is Cc1ccc(NS(=O)(=O)c2cc(C(=O)Nc3ccc(S(=O)(=O)Nc4nccc(C)n4)cc3)ccc2C)c(C)c1. The molecule has 1 aromatic heterocycles. The highest BCUT2D eigenvalue weighted by Gasteiger charge is 2.21. The van der Waals surface area contributed by atoms with Gasteiger partial charge in [0.2, 0.25) is 5.95 Å². The van der Waals surface area contributed by atoms with Gasteiger partial charge >= 0.3 is 0 Å². The van der Waals surface area contributed by atoms with Crippen LogP contribution in [0.15, 0.2) is 82.7 Å². The molecule has 12 heteroatoms. The van der Waals surface area contributed by atoms with Gasteiger partial charge in [0.15, 0.2) is 0 Å². The molecular weight excluding hydrogens is 538 g/mol. The molecule has 3 aromatic carbocycles. The van der Waals surface area contributed by atoms with Crippen molar-refractivity contribution in [2.45, 2.75) is 37.5 Å². The number of anilines is 3. The molecule has 0 bridgehead atoms. The number of nitrogens with one attached hydrogen (secondary N) is 3. The minimum absolute atomic E-state index is 0.0268. The second kappa shape index (κ2) is 10.8. The van der Waals surface area contributed by atoms with E-state index in [1.807, 2.05) is 26.0 Å². The van der Waals surface area contributed by atoms with Crippen molar-refractivity contribution in [2.75, 3.05) is 14.8 Å². The first-order valence-electron chi connectivity index (χ1n) is 11.8. The van der Waals surface area contributed by atoms with E-state index in [4.69, 9.17) is 0 Å². The van der Waals surface area contributed by atoms with Crippen molar-refractivity contribution in [2.24, 2.45) is 0 Å². The van der Waals surface area contributed by atoms with E-state index in [-0.39, 0.29) is 21.3 Å². The highest BCUT2D eigenvalue weighted by atomic mass is 32.2. The minimum Gasteiger partial charge on any atom is -0.322 e. The zero-order valence-corrected chi connectivity index (χ0v) is 23.3. The molecule has 0 saturated heterocycles. The van der Waals surface area contributed by atoms with Crippen LogP contribution in [0.5, 0.6) is 0 Å². The maximum absolute atomic E-state index is 13.2. The summed E-state index contributed by atoms with van der Waals surface area (Å²) in [4.78, 5) is 20.8.